The SMILES string of the molecule is COC(=O)[C@H]1C(=O)NC(SCCOc2ccccc2Cl)=C(C#N)[C@@H]1c1ccc(OC)c(Br)c1. The summed E-state index contributed by atoms with van der Waals surface area (Å²) in [5.41, 5.74) is 0.875. The molecule has 0 unspecified atom stereocenters. The highest BCUT2D eigenvalue weighted by Gasteiger charge is 2.44. The number of allylic oxidation sites excluding steroid dienone is 1. The van der Waals surface area contributed by atoms with Crippen LogP contribution in [0.2, 0.25) is 5.02 Å². The normalized spacial score (nSPS) is 17.7. The van der Waals surface area contributed by atoms with Crippen LogP contribution in [-0.4, -0.2) is 38.5 Å². The number of rotatable bonds is 8. The zero-order valence-corrected chi connectivity index (χ0v) is 20.9. The highest BCUT2D eigenvalue weighted by molar-refractivity contribution is 9.10. The van der Waals surface area contributed by atoms with E-state index in [1.54, 1.807) is 36.4 Å². The van der Waals surface area contributed by atoms with E-state index in [4.69, 9.17) is 25.8 Å². The zero-order chi connectivity index (χ0) is 24.0. The standard InChI is InChI=1S/C23H20BrClN2O5S/c1-30-17-8-7-13(11-15(17)24)19-14(12-26)22(27-21(28)20(19)23(29)31-2)33-10-9-32-18-6-4-3-5-16(18)25/h3-8,11,19-20H,9-10H2,1-2H3,(H,27,28)/t19-,20+/m0/s1. The first-order valence-corrected chi connectivity index (χ1v) is 11.9. The minimum absolute atomic E-state index is 0.268. The van der Waals surface area contributed by atoms with Crippen molar-refractivity contribution in [1.82, 2.24) is 5.32 Å². The van der Waals surface area contributed by atoms with E-state index in [0.717, 1.165) is 0 Å². The van der Waals surface area contributed by atoms with Gasteiger partial charge in [-0.1, -0.05) is 29.8 Å². The van der Waals surface area contributed by atoms with E-state index in [9.17, 15) is 14.9 Å². The zero-order valence-electron chi connectivity index (χ0n) is 17.8. The Morgan fingerprint density at radius 3 is 2.64 bits per heavy atom. The van der Waals surface area contributed by atoms with Gasteiger partial charge in [0.15, 0.2) is 0 Å². The Kier molecular flexibility index (Phi) is 8.67. The van der Waals surface area contributed by atoms with E-state index < -0.39 is 23.7 Å². The van der Waals surface area contributed by atoms with Crippen LogP contribution in [0, 0.1) is 17.2 Å². The Balaban J connectivity index is 1.89. The van der Waals surface area contributed by atoms with Crippen LogP contribution in [-0.2, 0) is 14.3 Å². The molecule has 33 heavy (non-hydrogen) atoms. The van der Waals surface area contributed by atoms with Gasteiger partial charge < -0.3 is 19.5 Å². The Bertz CT molecular complexity index is 1130. The lowest BCUT2D eigenvalue weighted by molar-refractivity contribution is -0.150. The van der Waals surface area contributed by atoms with E-state index in [-0.39, 0.29) is 5.57 Å². The van der Waals surface area contributed by atoms with Gasteiger partial charge in [0.25, 0.3) is 0 Å². The fraction of sp³-hybridized carbons (Fsp3) is 0.261. The molecule has 0 saturated heterocycles. The molecule has 3 rings (SSSR count). The number of benzene rings is 2. The predicted molar refractivity (Wildman–Crippen MR) is 129 cm³/mol. The van der Waals surface area contributed by atoms with E-state index in [2.05, 4.69) is 27.3 Å². The molecule has 0 fully saturated rings. The van der Waals surface area contributed by atoms with Crippen molar-refractivity contribution in [2.45, 2.75) is 5.92 Å². The number of carbonyl (C=O) groups is 2. The van der Waals surface area contributed by atoms with Gasteiger partial charge in [-0.05, 0) is 45.8 Å². The van der Waals surface area contributed by atoms with Gasteiger partial charge >= 0.3 is 5.97 Å². The molecule has 1 amide bonds. The van der Waals surface area contributed by atoms with Gasteiger partial charge in [-0.15, -0.1) is 11.8 Å². The summed E-state index contributed by atoms with van der Waals surface area (Å²) >= 11 is 10.8. The van der Waals surface area contributed by atoms with Crippen LogP contribution < -0.4 is 14.8 Å². The van der Waals surface area contributed by atoms with Gasteiger partial charge in [0, 0.05) is 11.7 Å². The fourth-order valence-corrected chi connectivity index (χ4v) is 5.03. The molecule has 2 aromatic rings. The second kappa shape index (κ2) is 11.5. The molecule has 1 heterocycles. The molecule has 1 N–H and O–H groups in total. The highest BCUT2D eigenvalue weighted by atomic mass is 79.9. The number of para-hydroxylation sites is 1. The average Bonchev–Trinajstić information content (AvgIpc) is 2.81. The largest absolute Gasteiger partial charge is 0.496 e. The summed E-state index contributed by atoms with van der Waals surface area (Å²) in [6, 6.07) is 14.5. The second-order valence-corrected chi connectivity index (χ2v) is 9.21. The van der Waals surface area contributed by atoms with Gasteiger partial charge in [0.1, 0.15) is 17.4 Å². The smallest absolute Gasteiger partial charge is 0.319 e. The number of esters is 1. The number of hydrogen-bond donors (Lipinski definition) is 1. The van der Waals surface area contributed by atoms with Gasteiger partial charge in [-0.3, -0.25) is 9.59 Å². The molecule has 1 aliphatic rings. The number of nitrogens with zero attached hydrogens (tertiary/aromatic N) is 1. The molecule has 0 aliphatic carbocycles. The maximum absolute atomic E-state index is 12.9. The number of ether oxygens (including phenoxy) is 3. The van der Waals surface area contributed by atoms with Crippen LogP contribution in [0.5, 0.6) is 11.5 Å². The Morgan fingerprint density at radius 1 is 1.24 bits per heavy atom. The molecule has 0 aromatic heterocycles. The first kappa shape index (κ1) is 25.0. The van der Waals surface area contributed by atoms with Crippen molar-refractivity contribution in [3.63, 3.8) is 0 Å². The molecule has 7 nitrogen and oxygen atoms in total. The third kappa shape index (κ3) is 5.64. The molecule has 0 saturated carbocycles. The molecule has 0 spiro atoms. The number of methoxy groups -OCH3 is 2. The number of nitrogens with one attached hydrogen (secondary N) is 1. The lowest BCUT2D eigenvalue weighted by Crippen LogP contribution is -2.44. The first-order chi connectivity index (χ1) is 15.9. The van der Waals surface area contributed by atoms with Crippen molar-refractivity contribution in [1.29, 1.82) is 5.26 Å². The van der Waals surface area contributed by atoms with Gasteiger partial charge in [-0.25, -0.2) is 0 Å². The molecule has 2 aromatic carbocycles. The molecule has 0 radical (unpaired) electrons. The quantitative estimate of drug-likeness (QED) is 0.289. The highest BCUT2D eigenvalue weighted by Crippen LogP contribution is 2.42. The molecule has 172 valence electrons. The molecule has 1 aliphatic heterocycles. The van der Waals surface area contributed by atoms with Crippen molar-refractivity contribution in [2.75, 3.05) is 26.6 Å². The summed E-state index contributed by atoms with van der Waals surface area (Å²) in [5, 5.41) is 13.5. The number of halogens is 2. The summed E-state index contributed by atoms with van der Waals surface area (Å²) in [5.74, 6) is -1.70. The van der Waals surface area contributed by atoms with Crippen LogP contribution in [0.1, 0.15) is 11.5 Å². The monoisotopic (exact) mass is 550 g/mol. The fourth-order valence-electron chi connectivity index (χ4n) is 3.41. The number of nitriles is 1. The minimum Gasteiger partial charge on any atom is -0.496 e. The van der Waals surface area contributed by atoms with Gasteiger partial charge in [0.2, 0.25) is 5.91 Å². The summed E-state index contributed by atoms with van der Waals surface area (Å²) in [4.78, 5) is 25.4. The van der Waals surface area contributed by atoms with Crippen molar-refractivity contribution < 1.29 is 23.8 Å². The summed E-state index contributed by atoms with van der Waals surface area (Å²) in [6.45, 7) is 0.297. The Labute approximate surface area is 209 Å². The lowest BCUT2D eigenvalue weighted by atomic mass is 9.78. The van der Waals surface area contributed by atoms with E-state index >= 15 is 0 Å². The van der Waals surface area contributed by atoms with Crippen molar-refractivity contribution in [2.24, 2.45) is 5.92 Å². The topological polar surface area (TPSA) is 97.7 Å². The third-order valence-electron chi connectivity index (χ3n) is 4.94. The molecular weight excluding hydrogens is 532 g/mol. The Morgan fingerprint density at radius 2 is 2.00 bits per heavy atom. The molecular formula is C23H20BrClN2O5S. The van der Waals surface area contributed by atoms with Crippen molar-refractivity contribution >= 4 is 51.2 Å². The van der Waals surface area contributed by atoms with Crippen LogP contribution in [0.3, 0.4) is 0 Å². The predicted octanol–water partition coefficient (Wildman–Crippen LogP) is 4.66. The summed E-state index contributed by atoms with van der Waals surface area (Å²) in [6.07, 6.45) is 0. The van der Waals surface area contributed by atoms with Crippen LogP contribution in [0.25, 0.3) is 0 Å². The van der Waals surface area contributed by atoms with Gasteiger partial charge in [-0.2, -0.15) is 5.26 Å². The van der Waals surface area contributed by atoms with E-state index in [1.165, 1.54) is 26.0 Å². The maximum atomic E-state index is 12.9. The van der Waals surface area contributed by atoms with Crippen LogP contribution in [0.4, 0.5) is 0 Å². The number of thioether (sulfide) groups is 1. The van der Waals surface area contributed by atoms with Crippen molar-refractivity contribution in [3.8, 4) is 17.6 Å². The minimum atomic E-state index is -1.20. The number of hydrogen-bond acceptors (Lipinski definition) is 7. The van der Waals surface area contributed by atoms with Crippen molar-refractivity contribution in [3.05, 3.63) is 68.1 Å². The third-order valence-corrected chi connectivity index (χ3v) is 6.86. The summed E-state index contributed by atoms with van der Waals surface area (Å²) in [7, 11) is 2.74. The molecule has 0 bridgehead atoms. The summed E-state index contributed by atoms with van der Waals surface area (Å²) < 4.78 is 16.5. The molecule has 10 heteroatoms. The number of amides is 1. The number of carbonyl (C=O) groups excluding carboxylic acids is 2. The lowest BCUT2D eigenvalue weighted by Gasteiger charge is -2.31. The molecule has 2 atom stereocenters. The first-order valence-electron chi connectivity index (χ1n) is 9.77. The van der Waals surface area contributed by atoms with Crippen LogP contribution in [0.15, 0.2) is 57.5 Å². The average molecular weight is 552 g/mol. The Hall–Kier alpha value is -2.67. The van der Waals surface area contributed by atoms with Crippen LogP contribution >= 0.6 is 39.3 Å². The maximum Gasteiger partial charge on any atom is 0.319 e. The van der Waals surface area contributed by atoms with E-state index in [0.29, 0.717) is 43.9 Å². The van der Waals surface area contributed by atoms with E-state index in [1.807, 2.05) is 6.07 Å². The second-order valence-electron chi connectivity index (χ2n) is 6.84. The van der Waals surface area contributed by atoms with Gasteiger partial charge in [0.05, 0.1) is 47.0 Å².